The van der Waals surface area contributed by atoms with Crippen LogP contribution in [0.5, 0.6) is 0 Å². The molecule has 0 aliphatic carbocycles. The molecule has 0 fully saturated rings. The van der Waals surface area contributed by atoms with Crippen molar-refractivity contribution in [3.8, 4) is 89.0 Å². The summed E-state index contributed by atoms with van der Waals surface area (Å²) in [6, 6.07) is -38.6. The van der Waals surface area contributed by atoms with E-state index in [4.69, 9.17) is 37.0 Å². The zero-order valence-corrected chi connectivity index (χ0v) is 28.0. The minimum Gasteiger partial charge on any atom is -0.0622 e. The van der Waals surface area contributed by atoms with E-state index in [0.717, 1.165) is 0 Å². The second-order valence-corrected chi connectivity index (χ2v) is 11.2. The first-order chi connectivity index (χ1) is 42.6. The third kappa shape index (κ3) is 7.45. The molecule has 0 saturated heterocycles. The molecule has 0 heteroatoms. The predicted octanol–water partition coefficient (Wildman–Crippen LogP) is 15.3. The molecule has 0 nitrogen and oxygen atoms in total. The Labute approximate surface area is 376 Å². The highest BCUT2D eigenvalue weighted by molar-refractivity contribution is 5.81. The first kappa shape index (κ1) is 12.2. The molecule has 9 rings (SSSR count). The normalized spacial score (nSPS) is 20.4. The summed E-state index contributed by atoms with van der Waals surface area (Å²) in [5.41, 5.74) is -14.7. The molecular formula is C55H40. The van der Waals surface area contributed by atoms with Crippen LogP contribution in [0.25, 0.3) is 89.0 Å². The molecular weight excluding hydrogens is 661 g/mol. The average molecular weight is 738 g/mol. The largest absolute Gasteiger partial charge is 0.0636 e. The molecule has 55 heavy (non-hydrogen) atoms. The fourth-order valence-corrected chi connectivity index (χ4v) is 4.94. The third-order valence-corrected chi connectivity index (χ3v) is 7.62. The maximum Gasteiger partial charge on any atom is 0.0636 e. The Morgan fingerprint density at radius 1 is 0.200 bits per heavy atom. The van der Waals surface area contributed by atoms with E-state index < -0.39 is 313 Å². The van der Waals surface area contributed by atoms with Crippen LogP contribution >= 0.6 is 0 Å². The van der Waals surface area contributed by atoms with Gasteiger partial charge in [-0.1, -0.05) is 205 Å². The molecule has 0 spiro atoms. The van der Waals surface area contributed by atoms with Gasteiger partial charge in [0.2, 0.25) is 0 Å². The van der Waals surface area contributed by atoms with Crippen molar-refractivity contribution in [2.45, 2.75) is 6.92 Å². The minimum absolute atomic E-state index is 0.126. The van der Waals surface area contributed by atoms with Crippen LogP contribution in [0.3, 0.4) is 0 Å². The summed E-state index contributed by atoms with van der Waals surface area (Å²) in [5, 5.41) is 0. The van der Waals surface area contributed by atoms with Crippen molar-refractivity contribution in [3.05, 3.63) is 229 Å². The Morgan fingerprint density at radius 3 is 0.655 bits per heavy atom. The summed E-state index contributed by atoms with van der Waals surface area (Å²) in [7, 11) is 0. The molecule has 0 aliphatic rings. The van der Waals surface area contributed by atoms with Gasteiger partial charge in [-0.2, -0.15) is 0 Å². The van der Waals surface area contributed by atoms with Crippen molar-refractivity contribution in [3.63, 3.8) is 0 Å². The van der Waals surface area contributed by atoms with Crippen LogP contribution in [-0.2, 0) is 0 Å². The predicted molar refractivity (Wildman–Crippen MR) is 235 cm³/mol. The Balaban J connectivity index is 1.26. The van der Waals surface area contributed by atoms with Crippen molar-refractivity contribution in [1.29, 1.82) is 0 Å². The van der Waals surface area contributed by atoms with E-state index in [1.807, 2.05) is 0 Å². The zero-order chi connectivity index (χ0) is 69.2. The Kier molecular flexibility index (Phi) is 3.37. The van der Waals surface area contributed by atoms with Crippen LogP contribution < -0.4 is 0 Å². The van der Waals surface area contributed by atoms with Gasteiger partial charge in [0.05, 0.1) is 50.7 Å². The molecule has 0 bridgehead atoms. The molecule has 0 atom stereocenters. The molecule has 9 aromatic carbocycles. The molecule has 0 unspecified atom stereocenters. The van der Waals surface area contributed by atoms with Gasteiger partial charge in [-0.25, -0.2) is 0 Å². The maximum absolute atomic E-state index is 9.53. The van der Waals surface area contributed by atoms with Crippen LogP contribution in [0, 0.1) is 6.92 Å². The van der Waals surface area contributed by atoms with E-state index in [2.05, 4.69) is 0 Å². The van der Waals surface area contributed by atoms with E-state index in [-0.39, 0.29) is 5.56 Å². The van der Waals surface area contributed by atoms with E-state index in [9.17, 15) is 13.7 Å². The summed E-state index contributed by atoms with van der Waals surface area (Å²) in [6.45, 7) is 1.27. The molecule has 0 aliphatic heterocycles. The Hall–Kier alpha value is -7.02. The lowest BCUT2D eigenvalue weighted by atomic mass is 9.94. The zero-order valence-electron chi connectivity index (χ0n) is 65.0. The monoisotopic (exact) mass is 738 g/mol. The number of benzene rings is 9. The second-order valence-electron chi connectivity index (χ2n) is 11.2. The minimum atomic E-state index is -1.22. The van der Waals surface area contributed by atoms with Crippen LogP contribution in [0.1, 0.15) is 56.3 Å². The van der Waals surface area contributed by atoms with Gasteiger partial charge < -0.3 is 0 Å². The second kappa shape index (κ2) is 15.1. The third-order valence-electron chi connectivity index (χ3n) is 7.62. The molecule has 0 saturated carbocycles. The first-order valence-corrected chi connectivity index (χ1v) is 16.0. The van der Waals surface area contributed by atoms with Crippen LogP contribution in [-0.4, -0.2) is 0 Å². The molecule has 9 aromatic rings. The van der Waals surface area contributed by atoms with Crippen molar-refractivity contribution >= 4 is 0 Å². The SMILES string of the molecule is [2H]c1c([2H])c([2H])c(-c2c([2H])c([2H])c(-c3c([2H])c([2H])c(-c4c([2H])c([2H])c([2H])c(-c5c([2H])c([2H])c([2H])c(-c6c([2H])c([2H])c(-c7c([2H])c([2H])c([2H])c(-c8c([2H])c([2H])c([2H])c(-c9c([2H])c([2H])c(C)c([2H])c9[2H])c8[2H])c7[2H])c([2H])c6[2H])c5[2H])c4[2H])c([2H])c3[2H])c([2H])c2[2H])c([2H])c1[2H]. The van der Waals surface area contributed by atoms with E-state index in [1.54, 1.807) is 0 Å². The Morgan fingerprint density at radius 2 is 0.382 bits per heavy atom. The van der Waals surface area contributed by atoms with Gasteiger partial charge in [0.25, 0.3) is 0 Å². The standard InChI is InChI=1S/C55H40/c1-39-19-21-44(22-20-39)48-11-5-15-52(35-48)53-16-7-13-50(37-53)46-31-33-47(34-32-46)51-14-8-18-55(38-51)54-17-6-12-49(36-54)45-29-27-43(28-30-45)42-25-23-41(24-26-42)40-9-3-2-4-10-40/h2-38H,1H3/i2D,3D,4D,5D,6D,7D,8D,9D,10D,11D,12D,13D,14D,15D,16D,17D,18D,19D,20D,21D,22D,23D,24D,25D,26D,27D,28D,29D,30D,31D,32D,33D,34D,35D,36D,37D,38D. The molecule has 260 valence electrons. The summed E-state index contributed by atoms with van der Waals surface area (Å²) < 4.78 is 329. The van der Waals surface area contributed by atoms with Crippen LogP contribution in [0.15, 0.2) is 224 Å². The highest BCUT2D eigenvalue weighted by Crippen LogP contribution is 2.34. The van der Waals surface area contributed by atoms with E-state index >= 15 is 0 Å². The van der Waals surface area contributed by atoms with E-state index in [0.29, 0.717) is 0 Å². The average Bonchev–Trinajstić information content (AvgIpc) is 0.734. The van der Waals surface area contributed by atoms with Gasteiger partial charge in [0.1, 0.15) is 0 Å². The summed E-state index contributed by atoms with van der Waals surface area (Å²) in [5.74, 6) is 0. The molecule has 0 amide bonds. The fourth-order valence-electron chi connectivity index (χ4n) is 4.94. The van der Waals surface area contributed by atoms with Gasteiger partial charge in [-0.15, -0.1) is 0 Å². The topological polar surface area (TPSA) is 0 Å². The molecule has 0 N–H and O–H groups in total. The Bertz CT molecular complexity index is 4740. The van der Waals surface area contributed by atoms with Crippen molar-refractivity contribution in [2.24, 2.45) is 0 Å². The quantitative estimate of drug-likeness (QED) is 0.146. The number of hydrogen-bond acceptors (Lipinski definition) is 0. The summed E-state index contributed by atoms with van der Waals surface area (Å²) in [6.07, 6.45) is 0. The van der Waals surface area contributed by atoms with Crippen molar-refractivity contribution < 1.29 is 50.7 Å². The lowest BCUT2D eigenvalue weighted by molar-refractivity contribution is 1.47. The van der Waals surface area contributed by atoms with Gasteiger partial charge in [-0.05, 0) is 120 Å². The van der Waals surface area contributed by atoms with Crippen LogP contribution in [0.2, 0.25) is 0 Å². The molecule has 0 radical (unpaired) electrons. The molecule has 0 aromatic heterocycles. The van der Waals surface area contributed by atoms with Gasteiger partial charge >= 0.3 is 0 Å². The maximum atomic E-state index is 9.53. The summed E-state index contributed by atoms with van der Waals surface area (Å²) in [4.78, 5) is 0. The number of hydrogen-bond donors (Lipinski definition) is 0. The lowest BCUT2D eigenvalue weighted by Gasteiger charge is -2.11. The fraction of sp³-hybridized carbons (Fsp3) is 0.0182. The molecule has 0 heterocycles. The van der Waals surface area contributed by atoms with Gasteiger partial charge in [-0.3, -0.25) is 0 Å². The lowest BCUT2D eigenvalue weighted by Crippen LogP contribution is -1.85. The van der Waals surface area contributed by atoms with Gasteiger partial charge in [0, 0.05) is 0 Å². The van der Waals surface area contributed by atoms with Crippen molar-refractivity contribution in [1.82, 2.24) is 0 Å². The summed E-state index contributed by atoms with van der Waals surface area (Å²) >= 11 is 0. The van der Waals surface area contributed by atoms with E-state index in [1.165, 1.54) is 6.92 Å². The van der Waals surface area contributed by atoms with Gasteiger partial charge in [0.15, 0.2) is 0 Å². The smallest absolute Gasteiger partial charge is 0.0622 e. The van der Waals surface area contributed by atoms with Crippen LogP contribution in [0.4, 0.5) is 0 Å². The number of rotatable bonds is 8. The highest BCUT2D eigenvalue weighted by Gasteiger charge is 2.08. The first-order valence-electron chi connectivity index (χ1n) is 34.5. The highest BCUT2D eigenvalue weighted by atomic mass is 14.1. The van der Waals surface area contributed by atoms with Crippen molar-refractivity contribution in [2.75, 3.05) is 0 Å².